The number of fused-ring (bicyclic) bond motifs is 1. The third-order valence-corrected chi connectivity index (χ3v) is 5.60. The Bertz CT molecular complexity index is 933. The van der Waals surface area contributed by atoms with E-state index in [0.717, 1.165) is 5.56 Å². The van der Waals surface area contributed by atoms with Crippen LogP contribution < -0.4 is 14.8 Å². The fourth-order valence-corrected chi connectivity index (χ4v) is 3.32. The molecule has 0 saturated heterocycles. The highest BCUT2D eigenvalue weighted by Crippen LogP contribution is 2.31. The summed E-state index contributed by atoms with van der Waals surface area (Å²) in [5, 5.41) is 2.69. The first-order valence-electron chi connectivity index (χ1n) is 8.19. The summed E-state index contributed by atoms with van der Waals surface area (Å²) in [6, 6.07) is 11.6. The molecule has 0 saturated carbocycles. The van der Waals surface area contributed by atoms with Gasteiger partial charge in [0, 0.05) is 11.8 Å². The first-order valence-corrected chi connectivity index (χ1v) is 9.85. The van der Waals surface area contributed by atoms with Gasteiger partial charge in [0.05, 0.1) is 10.6 Å². The van der Waals surface area contributed by atoms with Crippen LogP contribution in [0.1, 0.15) is 12.5 Å². The minimum absolute atomic E-state index is 0.0387. The average molecular weight is 373 g/mol. The Kier molecular flexibility index (Phi) is 5.27. The maximum absolute atomic E-state index is 12.0. The van der Waals surface area contributed by atoms with E-state index < -0.39 is 9.84 Å². The van der Waals surface area contributed by atoms with E-state index in [-0.39, 0.29) is 16.6 Å². The van der Waals surface area contributed by atoms with Gasteiger partial charge in [-0.25, -0.2) is 8.42 Å². The van der Waals surface area contributed by atoms with Crippen molar-refractivity contribution in [2.24, 2.45) is 0 Å². The van der Waals surface area contributed by atoms with Gasteiger partial charge in [-0.15, -0.1) is 0 Å². The molecule has 1 N–H and O–H groups in total. The second-order valence-corrected chi connectivity index (χ2v) is 7.93. The highest BCUT2D eigenvalue weighted by Gasteiger charge is 2.12. The Balaban J connectivity index is 1.64. The van der Waals surface area contributed by atoms with E-state index in [2.05, 4.69) is 5.32 Å². The van der Waals surface area contributed by atoms with Crippen LogP contribution in [0.25, 0.3) is 6.08 Å². The van der Waals surface area contributed by atoms with Gasteiger partial charge in [0.25, 0.3) is 0 Å². The number of amides is 1. The van der Waals surface area contributed by atoms with Gasteiger partial charge in [-0.1, -0.05) is 13.0 Å². The van der Waals surface area contributed by atoms with Gasteiger partial charge in [-0.05, 0) is 48.0 Å². The molecule has 1 amide bonds. The van der Waals surface area contributed by atoms with Crippen LogP contribution in [0.15, 0.2) is 53.4 Å². The molecule has 0 unspecified atom stereocenters. The molecule has 2 aromatic rings. The van der Waals surface area contributed by atoms with Crippen molar-refractivity contribution in [1.82, 2.24) is 0 Å². The third-order valence-electron chi connectivity index (χ3n) is 3.85. The smallest absolute Gasteiger partial charge is 0.248 e. The second-order valence-electron chi connectivity index (χ2n) is 5.65. The zero-order valence-electron chi connectivity index (χ0n) is 14.3. The van der Waals surface area contributed by atoms with Gasteiger partial charge in [-0.2, -0.15) is 0 Å². The molecular weight excluding hydrogens is 354 g/mol. The summed E-state index contributed by atoms with van der Waals surface area (Å²) >= 11 is 0. The lowest BCUT2D eigenvalue weighted by Crippen LogP contribution is -2.15. The van der Waals surface area contributed by atoms with Crippen molar-refractivity contribution in [3.8, 4) is 11.5 Å². The van der Waals surface area contributed by atoms with E-state index in [9.17, 15) is 13.2 Å². The van der Waals surface area contributed by atoms with E-state index in [4.69, 9.17) is 9.47 Å². The quantitative estimate of drug-likeness (QED) is 0.815. The first-order chi connectivity index (χ1) is 12.5. The van der Waals surface area contributed by atoms with Crippen molar-refractivity contribution in [2.75, 3.05) is 24.3 Å². The highest BCUT2D eigenvalue weighted by molar-refractivity contribution is 7.91. The summed E-state index contributed by atoms with van der Waals surface area (Å²) in [6.07, 6.45) is 3.07. The number of anilines is 1. The van der Waals surface area contributed by atoms with Crippen LogP contribution in [-0.2, 0) is 14.6 Å². The zero-order chi connectivity index (χ0) is 18.6. The molecule has 136 valence electrons. The van der Waals surface area contributed by atoms with Crippen molar-refractivity contribution in [3.05, 3.63) is 54.1 Å². The fraction of sp³-hybridized carbons (Fsp3) is 0.211. The largest absolute Gasteiger partial charge is 0.486 e. The molecular formula is C19H19NO5S. The lowest BCUT2D eigenvalue weighted by Gasteiger charge is -2.18. The van der Waals surface area contributed by atoms with Crippen LogP contribution >= 0.6 is 0 Å². The van der Waals surface area contributed by atoms with Crippen LogP contribution in [0.5, 0.6) is 11.5 Å². The van der Waals surface area contributed by atoms with Crippen LogP contribution in [0.3, 0.4) is 0 Å². The van der Waals surface area contributed by atoms with Crippen molar-refractivity contribution in [2.45, 2.75) is 11.8 Å². The third kappa shape index (κ3) is 4.23. The average Bonchev–Trinajstić information content (AvgIpc) is 2.66. The predicted molar refractivity (Wildman–Crippen MR) is 99.3 cm³/mol. The molecule has 0 radical (unpaired) electrons. The number of carbonyl (C=O) groups is 1. The van der Waals surface area contributed by atoms with Gasteiger partial charge in [0.15, 0.2) is 21.3 Å². The molecule has 0 bridgehead atoms. The van der Waals surface area contributed by atoms with Gasteiger partial charge < -0.3 is 14.8 Å². The standard InChI is InChI=1S/C19H19NO5S/c1-2-26(22,23)16-7-5-15(6-8-16)20-19(21)10-4-14-3-9-17-18(13-14)25-12-11-24-17/h3-10,13H,2,11-12H2,1H3,(H,20,21)/b10-4+. The summed E-state index contributed by atoms with van der Waals surface area (Å²) in [6.45, 7) is 2.63. The van der Waals surface area contributed by atoms with Gasteiger partial charge in [-0.3, -0.25) is 4.79 Å². The van der Waals surface area contributed by atoms with E-state index in [1.807, 2.05) is 12.1 Å². The van der Waals surface area contributed by atoms with E-state index in [0.29, 0.717) is 30.4 Å². The summed E-state index contributed by atoms with van der Waals surface area (Å²) in [7, 11) is -3.25. The molecule has 7 heteroatoms. The lowest BCUT2D eigenvalue weighted by molar-refractivity contribution is -0.111. The van der Waals surface area contributed by atoms with Gasteiger partial charge in [0.1, 0.15) is 13.2 Å². The van der Waals surface area contributed by atoms with E-state index in [1.54, 1.807) is 31.2 Å². The molecule has 1 aliphatic heterocycles. The monoisotopic (exact) mass is 373 g/mol. The molecule has 0 spiro atoms. The maximum Gasteiger partial charge on any atom is 0.248 e. The molecule has 0 aliphatic carbocycles. The molecule has 3 rings (SSSR count). The number of rotatable bonds is 5. The Labute approximate surface area is 152 Å². The number of ether oxygens (including phenoxy) is 2. The first kappa shape index (κ1) is 18.0. The summed E-state index contributed by atoms with van der Waals surface area (Å²) in [5.41, 5.74) is 1.34. The lowest BCUT2D eigenvalue weighted by atomic mass is 10.2. The number of carbonyl (C=O) groups excluding carboxylic acids is 1. The molecule has 26 heavy (non-hydrogen) atoms. The zero-order valence-corrected chi connectivity index (χ0v) is 15.1. The number of sulfone groups is 1. The van der Waals surface area contributed by atoms with Crippen molar-refractivity contribution in [3.63, 3.8) is 0 Å². The number of hydrogen-bond donors (Lipinski definition) is 1. The van der Waals surface area contributed by atoms with Gasteiger partial charge >= 0.3 is 0 Å². The van der Waals surface area contributed by atoms with Crippen LogP contribution in [0.4, 0.5) is 5.69 Å². The number of nitrogens with one attached hydrogen (secondary N) is 1. The topological polar surface area (TPSA) is 81.7 Å². The Morgan fingerprint density at radius 3 is 2.46 bits per heavy atom. The molecule has 6 nitrogen and oxygen atoms in total. The fourth-order valence-electron chi connectivity index (χ4n) is 2.43. The molecule has 1 aliphatic rings. The second kappa shape index (κ2) is 7.61. The van der Waals surface area contributed by atoms with Crippen molar-refractivity contribution in [1.29, 1.82) is 0 Å². The molecule has 2 aromatic carbocycles. The van der Waals surface area contributed by atoms with E-state index in [1.165, 1.54) is 18.2 Å². The minimum atomic E-state index is -3.25. The van der Waals surface area contributed by atoms with Crippen molar-refractivity contribution < 1.29 is 22.7 Å². The van der Waals surface area contributed by atoms with Crippen molar-refractivity contribution >= 4 is 27.5 Å². The molecule has 0 fully saturated rings. The van der Waals surface area contributed by atoms with Crippen LogP contribution in [0, 0.1) is 0 Å². The SMILES string of the molecule is CCS(=O)(=O)c1ccc(NC(=O)/C=C/c2ccc3c(c2)OCCO3)cc1. The summed E-state index contributed by atoms with van der Waals surface area (Å²) in [4.78, 5) is 12.3. The Morgan fingerprint density at radius 1 is 1.08 bits per heavy atom. The van der Waals surface area contributed by atoms with Gasteiger partial charge in [0.2, 0.25) is 5.91 Å². The van der Waals surface area contributed by atoms with Crippen LogP contribution in [-0.4, -0.2) is 33.3 Å². The Hall–Kier alpha value is -2.80. The minimum Gasteiger partial charge on any atom is -0.486 e. The summed E-state index contributed by atoms with van der Waals surface area (Å²) < 4.78 is 34.5. The molecule has 1 heterocycles. The normalized spacial score (nSPS) is 13.6. The Morgan fingerprint density at radius 2 is 1.77 bits per heavy atom. The van der Waals surface area contributed by atoms with Crippen LogP contribution in [0.2, 0.25) is 0 Å². The number of hydrogen-bond acceptors (Lipinski definition) is 5. The predicted octanol–water partition coefficient (Wildman–Crippen LogP) is 2.90. The molecule has 0 atom stereocenters. The summed E-state index contributed by atoms with van der Waals surface area (Å²) in [5.74, 6) is 1.08. The van der Waals surface area contributed by atoms with E-state index >= 15 is 0 Å². The maximum atomic E-state index is 12.0. The number of benzene rings is 2. The highest BCUT2D eigenvalue weighted by atomic mass is 32.2. The molecule has 0 aromatic heterocycles.